The van der Waals surface area contributed by atoms with Gasteiger partial charge in [-0.3, -0.25) is 9.78 Å². The summed E-state index contributed by atoms with van der Waals surface area (Å²) >= 11 is 6.06. The number of amides is 1. The molecule has 1 heterocycles. The van der Waals surface area contributed by atoms with Gasteiger partial charge in [0.05, 0.1) is 10.7 Å². The number of nitrogens with one attached hydrogen (secondary N) is 1. The standard InChI is InChI=1S/C14H14ClN3O/c1-9-6-7-10(8-17-9)13(14(16)19)18-12-5-3-2-4-11(12)15/h2-8,13,18H,1H3,(H2,16,19). The zero-order valence-electron chi connectivity index (χ0n) is 10.4. The van der Waals surface area contributed by atoms with Crippen LogP contribution in [0.25, 0.3) is 0 Å². The van der Waals surface area contributed by atoms with Crippen molar-refractivity contribution in [3.8, 4) is 0 Å². The predicted molar refractivity (Wildman–Crippen MR) is 76.0 cm³/mol. The molecule has 0 aliphatic heterocycles. The number of halogens is 1. The van der Waals surface area contributed by atoms with Crippen LogP contribution in [0.4, 0.5) is 5.69 Å². The number of para-hydroxylation sites is 1. The molecule has 0 spiro atoms. The smallest absolute Gasteiger partial charge is 0.244 e. The zero-order chi connectivity index (χ0) is 13.8. The molecule has 0 radical (unpaired) electrons. The van der Waals surface area contributed by atoms with Crippen LogP contribution in [0.1, 0.15) is 17.3 Å². The lowest BCUT2D eigenvalue weighted by Gasteiger charge is -2.17. The number of anilines is 1. The Morgan fingerprint density at radius 2 is 2.05 bits per heavy atom. The van der Waals surface area contributed by atoms with Crippen LogP contribution in [0.5, 0.6) is 0 Å². The Balaban J connectivity index is 2.29. The minimum Gasteiger partial charge on any atom is -0.369 e. The number of nitrogens with zero attached hydrogens (tertiary/aromatic N) is 1. The lowest BCUT2D eigenvalue weighted by Crippen LogP contribution is -2.28. The molecular weight excluding hydrogens is 262 g/mol. The van der Waals surface area contributed by atoms with Gasteiger partial charge in [0.25, 0.3) is 0 Å². The summed E-state index contributed by atoms with van der Waals surface area (Å²) in [5.41, 5.74) is 7.68. The van der Waals surface area contributed by atoms with Crippen LogP contribution in [0.2, 0.25) is 5.02 Å². The molecule has 0 aliphatic rings. The fraction of sp³-hybridized carbons (Fsp3) is 0.143. The summed E-state index contributed by atoms with van der Waals surface area (Å²) in [5.74, 6) is -0.481. The van der Waals surface area contributed by atoms with E-state index in [2.05, 4.69) is 10.3 Å². The van der Waals surface area contributed by atoms with Gasteiger partial charge in [0, 0.05) is 17.5 Å². The van der Waals surface area contributed by atoms with Crippen molar-refractivity contribution in [2.45, 2.75) is 13.0 Å². The number of aryl methyl sites for hydroxylation is 1. The van der Waals surface area contributed by atoms with E-state index in [0.29, 0.717) is 16.3 Å². The molecule has 1 unspecified atom stereocenters. The molecule has 2 rings (SSSR count). The fourth-order valence-electron chi connectivity index (χ4n) is 1.70. The number of carbonyl (C=O) groups excluding carboxylic acids is 1. The van der Waals surface area contributed by atoms with E-state index in [-0.39, 0.29) is 0 Å². The van der Waals surface area contributed by atoms with Crippen LogP contribution in [0.15, 0.2) is 42.6 Å². The number of primary amides is 1. The average Bonchev–Trinajstić information content (AvgIpc) is 2.39. The van der Waals surface area contributed by atoms with E-state index >= 15 is 0 Å². The van der Waals surface area contributed by atoms with Crippen molar-refractivity contribution >= 4 is 23.2 Å². The van der Waals surface area contributed by atoms with Gasteiger partial charge in [-0.25, -0.2) is 0 Å². The first-order valence-corrected chi connectivity index (χ1v) is 6.18. The van der Waals surface area contributed by atoms with Gasteiger partial charge >= 0.3 is 0 Å². The summed E-state index contributed by atoms with van der Waals surface area (Å²) in [5, 5.41) is 3.57. The van der Waals surface area contributed by atoms with Gasteiger partial charge in [-0.05, 0) is 25.1 Å². The highest BCUT2D eigenvalue weighted by molar-refractivity contribution is 6.33. The van der Waals surface area contributed by atoms with Crippen LogP contribution >= 0.6 is 11.6 Å². The maximum atomic E-state index is 11.6. The fourth-order valence-corrected chi connectivity index (χ4v) is 1.89. The van der Waals surface area contributed by atoms with E-state index in [9.17, 15) is 4.79 Å². The molecule has 1 aromatic carbocycles. The van der Waals surface area contributed by atoms with Crippen LogP contribution in [0, 0.1) is 6.92 Å². The van der Waals surface area contributed by atoms with E-state index in [1.807, 2.05) is 31.2 Å². The van der Waals surface area contributed by atoms with Crippen molar-refractivity contribution in [3.05, 3.63) is 58.9 Å². The van der Waals surface area contributed by atoms with Crippen LogP contribution in [-0.2, 0) is 4.79 Å². The molecule has 4 nitrogen and oxygen atoms in total. The minimum atomic E-state index is -0.659. The van der Waals surface area contributed by atoms with Gasteiger partial charge in [0.15, 0.2) is 0 Å². The Bertz CT molecular complexity index is 583. The number of benzene rings is 1. The summed E-state index contributed by atoms with van der Waals surface area (Å²) in [4.78, 5) is 15.8. The van der Waals surface area contributed by atoms with Crippen molar-refractivity contribution in [1.82, 2.24) is 4.98 Å². The number of rotatable bonds is 4. The highest BCUT2D eigenvalue weighted by Gasteiger charge is 2.18. The number of carbonyl (C=O) groups is 1. The van der Waals surface area contributed by atoms with E-state index in [0.717, 1.165) is 5.69 Å². The number of hydrogen-bond acceptors (Lipinski definition) is 3. The lowest BCUT2D eigenvalue weighted by atomic mass is 10.1. The second-order valence-corrected chi connectivity index (χ2v) is 4.60. The largest absolute Gasteiger partial charge is 0.369 e. The number of nitrogens with two attached hydrogens (primary N) is 1. The van der Waals surface area contributed by atoms with Crippen molar-refractivity contribution in [2.75, 3.05) is 5.32 Å². The predicted octanol–water partition coefficient (Wildman–Crippen LogP) is 2.68. The van der Waals surface area contributed by atoms with Crippen LogP contribution < -0.4 is 11.1 Å². The molecule has 3 N–H and O–H groups in total. The molecule has 1 atom stereocenters. The zero-order valence-corrected chi connectivity index (χ0v) is 11.2. The molecular formula is C14H14ClN3O. The number of pyridine rings is 1. The first kappa shape index (κ1) is 13.4. The average molecular weight is 276 g/mol. The van der Waals surface area contributed by atoms with E-state index in [1.54, 1.807) is 18.3 Å². The molecule has 0 aliphatic carbocycles. The van der Waals surface area contributed by atoms with Crippen molar-refractivity contribution < 1.29 is 4.79 Å². The van der Waals surface area contributed by atoms with Gasteiger partial charge in [-0.2, -0.15) is 0 Å². The molecule has 1 aromatic heterocycles. The maximum absolute atomic E-state index is 11.6. The Hall–Kier alpha value is -2.07. The molecule has 2 aromatic rings. The number of hydrogen-bond donors (Lipinski definition) is 2. The van der Waals surface area contributed by atoms with Crippen molar-refractivity contribution in [1.29, 1.82) is 0 Å². The molecule has 0 saturated carbocycles. The molecule has 0 saturated heterocycles. The van der Waals surface area contributed by atoms with E-state index < -0.39 is 11.9 Å². The second-order valence-electron chi connectivity index (χ2n) is 4.19. The normalized spacial score (nSPS) is 11.9. The summed E-state index contributed by atoms with van der Waals surface area (Å²) in [6.07, 6.45) is 1.63. The second kappa shape index (κ2) is 5.71. The maximum Gasteiger partial charge on any atom is 0.244 e. The lowest BCUT2D eigenvalue weighted by molar-refractivity contribution is -0.118. The van der Waals surface area contributed by atoms with Crippen LogP contribution in [-0.4, -0.2) is 10.9 Å². The monoisotopic (exact) mass is 275 g/mol. The third-order valence-electron chi connectivity index (χ3n) is 2.73. The first-order valence-electron chi connectivity index (χ1n) is 5.81. The van der Waals surface area contributed by atoms with E-state index in [4.69, 9.17) is 17.3 Å². The topological polar surface area (TPSA) is 68.0 Å². The summed E-state index contributed by atoms with van der Waals surface area (Å²) < 4.78 is 0. The van der Waals surface area contributed by atoms with Crippen LogP contribution in [0.3, 0.4) is 0 Å². The van der Waals surface area contributed by atoms with Gasteiger partial charge in [-0.15, -0.1) is 0 Å². The summed E-state index contributed by atoms with van der Waals surface area (Å²) in [6.45, 7) is 1.88. The Morgan fingerprint density at radius 1 is 1.32 bits per heavy atom. The molecule has 98 valence electrons. The van der Waals surface area contributed by atoms with Gasteiger partial charge in [-0.1, -0.05) is 29.8 Å². The SMILES string of the molecule is Cc1ccc(C(Nc2ccccc2Cl)C(N)=O)cn1. The van der Waals surface area contributed by atoms with E-state index in [1.165, 1.54) is 0 Å². The summed E-state index contributed by atoms with van der Waals surface area (Å²) in [6, 6.07) is 10.2. The Kier molecular flexibility index (Phi) is 4.02. The molecule has 1 amide bonds. The first-order chi connectivity index (χ1) is 9.08. The van der Waals surface area contributed by atoms with Crippen molar-refractivity contribution in [3.63, 3.8) is 0 Å². The molecule has 0 fully saturated rings. The van der Waals surface area contributed by atoms with Gasteiger partial charge in [0.1, 0.15) is 6.04 Å². The third-order valence-corrected chi connectivity index (χ3v) is 3.06. The van der Waals surface area contributed by atoms with Gasteiger partial charge < -0.3 is 11.1 Å². The molecule has 19 heavy (non-hydrogen) atoms. The molecule has 0 bridgehead atoms. The molecule has 5 heteroatoms. The highest BCUT2D eigenvalue weighted by atomic mass is 35.5. The quantitative estimate of drug-likeness (QED) is 0.901. The Labute approximate surface area is 116 Å². The summed E-state index contributed by atoms with van der Waals surface area (Å²) in [7, 11) is 0. The Morgan fingerprint density at radius 3 is 2.63 bits per heavy atom. The number of aromatic nitrogens is 1. The minimum absolute atomic E-state index is 0.481. The van der Waals surface area contributed by atoms with Crippen molar-refractivity contribution in [2.24, 2.45) is 5.73 Å². The third kappa shape index (κ3) is 3.23. The highest BCUT2D eigenvalue weighted by Crippen LogP contribution is 2.25. The van der Waals surface area contributed by atoms with Gasteiger partial charge in [0.2, 0.25) is 5.91 Å².